The molecule has 0 aliphatic heterocycles. The first-order chi connectivity index (χ1) is 8.80. The Labute approximate surface area is 110 Å². The number of nitrogens with one attached hydrogen (secondary N) is 1. The van der Waals surface area contributed by atoms with Crippen LogP contribution in [0.1, 0.15) is 43.7 Å². The molecule has 2 saturated carbocycles. The Kier molecular flexibility index (Phi) is 3.40. The third-order valence-electron chi connectivity index (χ3n) is 4.67. The van der Waals surface area contributed by atoms with Gasteiger partial charge in [-0.25, -0.2) is 0 Å². The molecule has 2 fully saturated rings. The van der Waals surface area contributed by atoms with E-state index >= 15 is 0 Å². The van der Waals surface area contributed by atoms with Crippen molar-refractivity contribution in [3.8, 4) is 0 Å². The van der Waals surface area contributed by atoms with Crippen LogP contribution in [-0.2, 0) is 0 Å². The second-order valence-corrected chi connectivity index (χ2v) is 6.12. The minimum absolute atomic E-state index is 0.176. The van der Waals surface area contributed by atoms with Gasteiger partial charge in [0.1, 0.15) is 0 Å². The first kappa shape index (κ1) is 12.2. The van der Waals surface area contributed by atoms with Gasteiger partial charge in [-0.2, -0.15) is 0 Å². The molecule has 98 valence electrons. The SMILES string of the molecule is NC(CCNCC1(C2CC2)CC1)c1ccccc1. The fourth-order valence-electron chi connectivity index (χ4n) is 3.05. The van der Waals surface area contributed by atoms with E-state index < -0.39 is 0 Å². The predicted octanol–water partition coefficient (Wildman–Crippen LogP) is 2.86. The normalized spacial score (nSPS) is 22.7. The smallest absolute Gasteiger partial charge is 0.0306 e. The summed E-state index contributed by atoms with van der Waals surface area (Å²) < 4.78 is 0. The highest BCUT2D eigenvalue weighted by atomic mass is 14.9. The Morgan fingerprint density at radius 2 is 1.94 bits per heavy atom. The van der Waals surface area contributed by atoms with Crippen molar-refractivity contribution in [1.29, 1.82) is 0 Å². The van der Waals surface area contributed by atoms with Crippen LogP contribution in [-0.4, -0.2) is 13.1 Å². The molecule has 0 radical (unpaired) electrons. The quantitative estimate of drug-likeness (QED) is 0.724. The van der Waals surface area contributed by atoms with E-state index in [1.165, 1.54) is 37.8 Å². The Bertz CT molecular complexity index is 379. The zero-order valence-corrected chi connectivity index (χ0v) is 11.1. The Morgan fingerprint density at radius 1 is 1.22 bits per heavy atom. The van der Waals surface area contributed by atoms with E-state index in [-0.39, 0.29) is 6.04 Å². The van der Waals surface area contributed by atoms with Crippen LogP contribution in [0.3, 0.4) is 0 Å². The van der Waals surface area contributed by atoms with Gasteiger partial charge in [0, 0.05) is 12.6 Å². The van der Waals surface area contributed by atoms with Crippen LogP contribution in [0, 0.1) is 11.3 Å². The maximum absolute atomic E-state index is 6.19. The van der Waals surface area contributed by atoms with E-state index in [0.29, 0.717) is 5.41 Å². The molecular weight excluding hydrogens is 220 g/mol. The summed E-state index contributed by atoms with van der Waals surface area (Å²) >= 11 is 0. The molecule has 2 heteroatoms. The number of benzene rings is 1. The first-order valence-electron chi connectivity index (χ1n) is 7.31. The van der Waals surface area contributed by atoms with Crippen molar-refractivity contribution < 1.29 is 0 Å². The van der Waals surface area contributed by atoms with Gasteiger partial charge in [0.2, 0.25) is 0 Å². The van der Waals surface area contributed by atoms with Crippen LogP contribution in [0.25, 0.3) is 0 Å². The highest BCUT2D eigenvalue weighted by Gasteiger charge is 2.53. The van der Waals surface area contributed by atoms with Crippen molar-refractivity contribution in [2.75, 3.05) is 13.1 Å². The molecule has 0 heterocycles. The molecule has 2 nitrogen and oxygen atoms in total. The lowest BCUT2D eigenvalue weighted by molar-refractivity contribution is 0.398. The Hall–Kier alpha value is -0.860. The summed E-state index contributed by atoms with van der Waals surface area (Å²) in [5, 5.41) is 3.63. The largest absolute Gasteiger partial charge is 0.324 e. The highest BCUT2D eigenvalue weighted by molar-refractivity contribution is 5.18. The van der Waals surface area contributed by atoms with Gasteiger partial charge in [-0.1, -0.05) is 30.3 Å². The topological polar surface area (TPSA) is 38.0 Å². The molecule has 18 heavy (non-hydrogen) atoms. The summed E-state index contributed by atoms with van der Waals surface area (Å²) in [6.07, 6.45) is 6.89. The maximum Gasteiger partial charge on any atom is 0.0306 e. The maximum atomic E-state index is 6.19. The number of hydrogen-bond acceptors (Lipinski definition) is 2. The molecule has 2 aliphatic rings. The standard InChI is InChI=1S/C16H24N2/c17-15(13-4-2-1-3-5-13)8-11-18-12-16(9-10-16)14-6-7-14/h1-5,14-15,18H,6-12,17H2. The van der Waals surface area contributed by atoms with Crippen molar-refractivity contribution in [2.24, 2.45) is 17.1 Å². The third kappa shape index (κ3) is 2.76. The molecule has 3 rings (SSSR count). The fraction of sp³-hybridized carbons (Fsp3) is 0.625. The van der Waals surface area contributed by atoms with Crippen LogP contribution in [0.15, 0.2) is 30.3 Å². The Morgan fingerprint density at radius 3 is 2.56 bits per heavy atom. The molecule has 1 aromatic carbocycles. The summed E-state index contributed by atoms with van der Waals surface area (Å²) in [6, 6.07) is 10.6. The molecule has 0 saturated heterocycles. The average molecular weight is 244 g/mol. The van der Waals surface area contributed by atoms with Gasteiger partial charge in [0.25, 0.3) is 0 Å². The molecule has 1 atom stereocenters. The summed E-state index contributed by atoms with van der Waals surface area (Å²) in [5.74, 6) is 1.05. The molecular formula is C16H24N2. The molecule has 1 unspecified atom stereocenters. The second kappa shape index (κ2) is 5.02. The lowest BCUT2D eigenvalue weighted by Crippen LogP contribution is -2.28. The van der Waals surface area contributed by atoms with Crippen LogP contribution < -0.4 is 11.1 Å². The number of nitrogens with two attached hydrogens (primary N) is 1. The van der Waals surface area contributed by atoms with E-state index in [1.807, 2.05) is 6.07 Å². The van der Waals surface area contributed by atoms with E-state index in [9.17, 15) is 0 Å². The van der Waals surface area contributed by atoms with Crippen molar-refractivity contribution in [3.63, 3.8) is 0 Å². The summed E-state index contributed by atoms with van der Waals surface area (Å²) in [5.41, 5.74) is 8.15. The molecule has 3 N–H and O–H groups in total. The molecule has 0 bridgehead atoms. The van der Waals surface area contributed by atoms with Crippen LogP contribution in [0.2, 0.25) is 0 Å². The van der Waals surface area contributed by atoms with Crippen LogP contribution >= 0.6 is 0 Å². The van der Waals surface area contributed by atoms with Crippen LogP contribution in [0.5, 0.6) is 0 Å². The minimum atomic E-state index is 0.176. The van der Waals surface area contributed by atoms with E-state index in [0.717, 1.165) is 18.9 Å². The number of rotatable bonds is 7. The van der Waals surface area contributed by atoms with Crippen LogP contribution in [0.4, 0.5) is 0 Å². The Balaban J connectivity index is 1.37. The van der Waals surface area contributed by atoms with Crippen molar-refractivity contribution in [3.05, 3.63) is 35.9 Å². The van der Waals surface area contributed by atoms with Gasteiger partial charge >= 0.3 is 0 Å². The third-order valence-corrected chi connectivity index (χ3v) is 4.67. The average Bonchev–Trinajstić information content (AvgIpc) is 3.28. The van der Waals surface area contributed by atoms with Gasteiger partial charge in [0.05, 0.1) is 0 Å². The second-order valence-electron chi connectivity index (χ2n) is 6.12. The lowest BCUT2D eigenvalue weighted by Gasteiger charge is -2.17. The van der Waals surface area contributed by atoms with Gasteiger partial charge in [-0.05, 0) is 55.5 Å². The molecule has 0 spiro atoms. The van der Waals surface area contributed by atoms with Gasteiger partial charge in [0.15, 0.2) is 0 Å². The minimum Gasteiger partial charge on any atom is -0.324 e. The fourth-order valence-corrected chi connectivity index (χ4v) is 3.05. The summed E-state index contributed by atoms with van der Waals surface area (Å²) in [4.78, 5) is 0. The highest BCUT2D eigenvalue weighted by Crippen LogP contribution is 2.60. The van der Waals surface area contributed by atoms with Gasteiger partial charge < -0.3 is 11.1 Å². The summed E-state index contributed by atoms with van der Waals surface area (Å²) in [6.45, 7) is 2.27. The van der Waals surface area contributed by atoms with Crippen molar-refractivity contribution >= 4 is 0 Å². The zero-order chi connectivity index (χ0) is 12.4. The zero-order valence-electron chi connectivity index (χ0n) is 11.1. The lowest BCUT2D eigenvalue weighted by atomic mass is 10.0. The van der Waals surface area contributed by atoms with E-state index in [4.69, 9.17) is 5.73 Å². The van der Waals surface area contributed by atoms with Crippen molar-refractivity contribution in [1.82, 2.24) is 5.32 Å². The van der Waals surface area contributed by atoms with Gasteiger partial charge in [-0.15, -0.1) is 0 Å². The van der Waals surface area contributed by atoms with E-state index in [1.54, 1.807) is 0 Å². The monoisotopic (exact) mass is 244 g/mol. The molecule has 0 aromatic heterocycles. The van der Waals surface area contributed by atoms with Crippen molar-refractivity contribution in [2.45, 2.75) is 38.1 Å². The predicted molar refractivity (Wildman–Crippen MR) is 75.2 cm³/mol. The molecule has 0 amide bonds. The van der Waals surface area contributed by atoms with Gasteiger partial charge in [-0.3, -0.25) is 0 Å². The number of hydrogen-bond donors (Lipinski definition) is 2. The molecule has 2 aliphatic carbocycles. The first-order valence-corrected chi connectivity index (χ1v) is 7.31. The van der Waals surface area contributed by atoms with E-state index in [2.05, 4.69) is 29.6 Å². The summed E-state index contributed by atoms with van der Waals surface area (Å²) in [7, 11) is 0. The molecule has 1 aromatic rings.